The molecule has 0 bridgehead atoms. The molecule has 102 valence electrons. The van der Waals surface area contributed by atoms with E-state index < -0.39 is 0 Å². The number of pyridine rings is 1. The Morgan fingerprint density at radius 3 is 2.90 bits per heavy atom. The second kappa shape index (κ2) is 4.56. The number of para-hydroxylation sites is 2. The molecule has 0 aliphatic rings. The molecule has 1 aromatic carbocycles. The number of aromatic nitrogens is 4. The highest BCUT2D eigenvalue weighted by atomic mass is 16.1. The van der Waals surface area contributed by atoms with Crippen molar-refractivity contribution in [3.05, 3.63) is 77.1 Å². The van der Waals surface area contributed by atoms with Crippen LogP contribution in [-0.4, -0.2) is 14.0 Å². The van der Waals surface area contributed by atoms with E-state index in [1.165, 1.54) is 0 Å². The van der Waals surface area contributed by atoms with Crippen LogP contribution in [0.3, 0.4) is 0 Å². The van der Waals surface area contributed by atoms with E-state index in [4.69, 9.17) is 0 Å². The Hall–Kier alpha value is -2.95. The number of benzene rings is 1. The van der Waals surface area contributed by atoms with Gasteiger partial charge in [-0.25, -0.2) is 14.8 Å². The summed E-state index contributed by atoms with van der Waals surface area (Å²) in [6.45, 7) is 0.584. The SMILES string of the molecule is O=c1cc(Cn2cnc3ccccc32)[nH+]c2ccccn12. The first-order chi connectivity index (χ1) is 10.3. The molecule has 5 heteroatoms. The van der Waals surface area contributed by atoms with Crippen molar-refractivity contribution in [2.45, 2.75) is 6.54 Å². The molecule has 5 nitrogen and oxygen atoms in total. The molecule has 21 heavy (non-hydrogen) atoms. The molecular formula is C16H13N4O+. The average molecular weight is 277 g/mol. The first kappa shape index (κ1) is 11.8. The fourth-order valence-electron chi connectivity index (χ4n) is 2.56. The molecule has 0 saturated carbocycles. The molecule has 4 aromatic rings. The second-order valence-corrected chi connectivity index (χ2v) is 4.95. The highest BCUT2D eigenvalue weighted by Gasteiger charge is 2.10. The van der Waals surface area contributed by atoms with Gasteiger partial charge in [0.1, 0.15) is 5.69 Å². The number of aromatic amines is 1. The van der Waals surface area contributed by atoms with Crippen LogP contribution in [0.15, 0.2) is 65.8 Å². The minimum atomic E-state index is -0.0382. The van der Waals surface area contributed by atoms with Gasteiger partial charge < -0.3 is 4.57 Å². The van der Waals surface area contributed by atoms with E-state index in [-0.39, 0.29) is 5.56 Å². The van der Waals surface area contributed by atoms with E-state index in [2.05, 4.69) is 9.97 Å². The summed E-state index contributed by atoms with van der Waals surface area (Å²) < 4.78 is 3.62. The van der Waals surface area contributed by atoms with Crippen LogP contribution in [0.4, 0.5) is 0 Å². The van der Waals surface area contributed by atoms with Crippen LogP contribution >= 0.6 is 0 Å². The number of nitrogens with zero attached hydrogens (tertiary/aromatic N) is 3. The number of hydrogen-bond acceptors (Lipinski definition) is 2. The summed E-state index contributed by atoms with van der Waals surface area (Å²) in [5, 5.41) is 0. The van der Waals surface area contributed by atoms with E-state index in [9.17, 15) is 4.79 Å². The monoisotopic (exact) mass is 277 g/mol. The van der Waals surface area contributed by atoms with Gasteiger partial charge in [0, 0.05) is 6.07 Å². The van der Waals surface area contributed by atoms with Gasteiger partial charge in [-0.2, -0.15) is 4.40 Å². The van der Waals surface area contributed by atoms with Gasteiger partial charge in [0.2, 0.25) is 0 Å². The van der Waals surface area contributed by atoms with Crippen molar-refractivity contribution in [1.29, 1.82) is 0 Å². The molecular weight excluding hydrogens is 264 g/mol. The summed E-state index contributed by atoms with van der Waals surface area (Å²) in [7, 11) is 0. The number of fused-ring (bicyclic) bond motifs is 2. The van der Waals surface area contributed by atoms with Crippen LogP contribution in [0.5, 0.6) is 0 Å². The van der Waals surface area contributed by atoms with Crippen LogP contribution in [0, 0.1) is 0 Å². The van der Waals surface area contributed by atoms with Gasteiger partial charge in [-0.15, -0.1) is 0 Å². The minimum Gasteiger partial charge on any atom is -0.322 e. The zero-order chi connectivity index (χ0) is 14.2. The van der Waals surface area contributed by atoms with Crippen LogP contribution in [0.25, 0.3) is 16.7 Å². The van der Waals surface area contributed by atoms with Crippen molar-refractivity contribution in [2.75, 3.05) is 0 Å². The Morgan fingerprint density at radius 2 is 1.95 bits per heavy atom. The number of imidazole rings is 1. The zero-order valence-electron chi connectivity index (χ0n) is 11.2. The summed E-state index contributed by atoms with van der Waals surface area (Å²) in [5.41, 5.74) is 3.61. The summed E-state index contributed by atoms with van der Waals surface area (Å²) >= 11 is 0. The zero-order valence-corrected chi connectivity index (χ0v) is 11.2. The standard InChI is InChI=1S/C16H12N4O/c21-16-9-12(18-15-7-3-4-8-20(15)16)10-19-11-17-13-5-1-2-6-14(13)19/h1-9,11H,10H2/p+1. The van der Waals surface area contributed by atoms with Gasteiger partial charge in [0.05, 0.1) is 36.2 Å². The molecule has 0 amide bonds. The van der Waals surface area contributed by atoms with Gasteiger partial charge in [-0.05, 0) is 18.2 Å². The van der Waals surface area contributed by atoms with Crippen molar-refractivity contribution < 1.29 is 4.98 Å². The predicted octanol–water partition coefficient (Wildman–Crippen LogP) is 1.51. The van der Waals surface area contributed by atoms with Crippen molar-refractivity contribution in [3.63, 3.8) is 0 Å². The third-order valence-electron chi connectivity index (χ3n) is 3.55. The number of H-pyrrole nitrogens is 1. The molecule has 3 heterocycles. The lowest BCUT2D eigenvalue weighted by molar-refractivity contribution is -0.364. The maximum atomic E-state index is 12.1. The van der Waals surface area contributed by atoms with Crippen LogP contribution < -0.4 is 10.5 Å². The normalized spacial score (nSPS) is 11.2. The number of rotatable bonds is 2. The van der Waals surface area contributed by atoms with Crippen molar-refractivity contribution in [3.8, 4) is 0 Å². The molecule has 3 aromatic heterocycles. The smallest absolute Gasteiger partial charge is 0.322 e. The van der Waals surface area contributed by atoms with E-state index in [0.29, 0.717) is 6.54 Å². The Kier molecular flexibility index (Phi) is 2.57. The Bertz CT molecular complexity index is 1000. The maximum absolute atomic E-state index is 12.1. The van der Waals surface area contributed by atoms with Crippen LogP contribution in [0.1, 0.15) is 5.69 Å². The Balaban J connectivity index is 1.82. The summed E-state index contributed by atoms with van der Waals surface area (Å²) in [6, 6.07) is 15.2. The van der Waals surface area contributed by atoms with E-state index in [1.807, 2.05) is 47.0 Å². The van der Waals surface area contributed by atoms with Gasteiger partial charge in [0.15, 0.2) is 0 Å². The van der Waals surface area contributed by atoms with Crippen molar-refractivity contribution >= 4 is 16.7 Å². The van der Waals surface area contributed by atoms with E-state index >= 15 is 0 Å². The maximum Gasteiger partial charge on any atom is 0.342 e. The number of hydrogen-bond donors (Lipinski definition) is 0. The Labute approximate surface area is 120 Å². The molecule has 0 fully saturated rings. The predicted molar refractivity (Wildman–Crippen MR) is 79.1 cm³/mol. The molecule has 0 aliphatic carbocycles. The fraction of sp³-hybridized carbons (Fsp3) is 0.0625. The van der Waals surface area contributed by atoms with Crippen molar-refractivity contribution in [2.24, 2.45) is 0 Å². The van der Waals surface area contributed by atoms with Gasteiger partial charge in [0.25, 0.3) is 5.65 Å². The lowest BCUT2D eigenvalue weighted by Crippen LogP contribution is -2.26. The average Bonchev–Trinajstić information content (AvgIpc) is 2.91. The molecule has 0 saturated heterocycles. The first-order valence-corrected chi connectivity index (χ1v) is 6.74. The highest BCUT2D eigenvalue weighted by Crippen LogP contribution is 2.12. The molecule has 0 aliphatic heterocycles. The third kappa shape index (κ3) is 1.99. The van der Waals surface area contributed by atoms with Gasteiger partial charge >= 0.3 is 5.56 Å². The largest absolute Gasteiger partial charge is 0.342 e. The van der Waals surface area contributed by atoms with E-state index in [0.717, 1.165) is 22.4 Å². The molecule has 0 spiro atoms. The molecule has 1 N–H and O–H groups in total. The minimum absolute atomic E-state index is 0.0382. The van der Waals surface area contributed by atoms with E-state index in [1.54, 1.807) is 23.0 Å². The number of nitrogens with one attached hydrogen (secondary N) is 1. The summed E-state index contributed by atoms with van der Waals surface area (Å²) in [6.07, 6.45) is 3.55. The summed E-state index contributed by atoms with van der Waals surface area (Å²) in [5.74, 6) is 0. The molecule has 0 unspecified atom stereocenters. The molecule has 0 atom stereocenters. The third-order valence-corrected chi connectivity index (χ3v) is 3.55. The fourth-order valence-corrected chi connectivity index (χ4v) is 2.56. The highest BCUT2D eigenvalue weighted by molar-refractivity contribution is 5.74. The Morgan fingerprint density at radius 1 is 1.10 bits per heavy atom. The van der Waals surface area contributed by atoms with Crippen LogP contribution in [-0.2, 0) is 6.54 Å². The van der Waals surface area contributed by atoms with Gasteiger partial charge in [-0.1, -0.05) is 18.2 Å². The van der Waals surface area contributed by atoms with Crippen molar-refractivity contribution in [1.82, 2.24) is 14.0 Å². The van der Waals surface area contributed by atoms with Crippen LogP contribution in [0.2, 0.25) is 0 Å². The first-order valence-electron chi connectivity index (χ1n) is 6.74. The quantitative estimate of drug-likeness (QED) is 0.557. The lowest BCUT2D eigenvalue weighted by Gasteiger charge is -2.02. The molecule has 0 radical (unpaired) electrons. The summed E-state index contributed by atoms with van der Waals surface area (Å²) in [4.78, 5) is 19.8. The molecule has 4 rings (SSSR count). The lowest BCUT2D eigenvalue weighted by atomic mass is 10.3. The van der Waals surface area contributed by atoms with Gasteiger partial charge in [-0.3, -0.25) is 0 Å². The topological polar surface area (TPSA) is 53.4 Å². The second-order valence-electron chi connectivity index (χ2n) is 4.95.